The average molecular weight is 423 g/mol. The van der Waals surface area contributed by atoms with Gasteiger partial charge in [-0.2, -0.15) is 0 Å². The summed E-state index contributed by atoms with van der Waals surface area (Å²) in [5.41, 5.74) is 0. The highest BCUT2D eigenvalue weighted by Crippen LogP contribution is 2.15. The van der Waals surface area contributed by atoms with Crippen LogP contribution in [0.5, 0.6) is 0 Å². The van der Waals surface area contributed by atoms with Gasteiger partial charge in [-0.05, 0) is 38.5 Å². The van der Waals surface area contributed by atoms with E-state index in [0.29, 0.717) is 17.3 Å². The van der Waals surface area contributed by atoms with Crippen LogP contribution in [0, 0.1) is 0 Å². The fraction of sp³-hybridized carbons (Fsp3) is 0.680. The van der Waals surface area contributed by atoms with Gasteiger partial charge in [-0.1, -0.05) is 62.6 Å². The summed E-state index contributed by atoms with van der Waals surface area (Å²) in [5, 5.41) is 8.86. The molecule has 1 N–H and O–H groups in total. The van der Waals surface area contributed by atoms with Crippen molar-refractivity contribution in [1.82, 2.24) is 0 Å². The van der Waals surface area contributed by atoms with Crippen LogP contribution in [0.15, 0.2) is 36.5 Å². The molecule has 0 radical (unpaired) electrons. The van der Waals surface area contributed by atoms with E-state index < -0.39 is 12.2 Å². The minimum atomic E-state index is -0.865. The number of carboxylic acid groups (broad SMARTS) is 1. The van der Waals surface area contributed by atoms with E-state index >= 15 is 0 Å². The SMILES string of the molecule is CC/C=C\C/C=C\C/C=C\CCCCCCCC(=O)O[C@@H](CCC(=O)O)[N+](C)(C)C. The normalized spacial score (nSPS) is 13.5. The Morgan fingerprint density at radius 1 is 0.833 bits per heavy atom. The van der Waals surface area contributed by atoms with Crippen molar-refractivity contribution >= 4 is 11.9 Å². The molecule has 0 heterocycles. The number of carbonyl (C=O) groups excluding carboxylic acids is 1. The molecule has 0 bridgehead atoms. The molecule has 5 heteroatoms. The van der Waals surface area contributed by atoms with Crippen molar-refractivity contribution in [2.75, 3.05) is 21.1 Å². The topological polar surface area (TPSA) is 63.6 Å². The Hall–Kier alpha value is -1.88. The minimum absolute atomic E-state index is 0.00844. The van der Waals surface area contributed by atoms with E-state index in [1.165, 1.54) is 12.8 Å². The zero-order valence-corrected chi connectivity index (χ0v) is 19.6. The molecule has 172 valence electrons. The molecule has 0 saturated heterocycles. The van der Waals surface area contributed by atoms with Crippen LogP contribution in [0.2, 0.25) is 0 Å². The highest BCUT2D eigenvalue weighted by atomic mass is 16.6. The molecule has 0 amide bonds. The molecule has 5 nitrogen and oxygen atoms in total. The third-order valence-electron chi connectivity index (χ3n) is 4.77. The number of hydrogen-bond acceptors (Lipinski definition) is 3. The van der Waals surface area contributed by atoms with Gasteiger partial charge in [0.1, 0.15) is 0 Å². The smallest absolute Gasteiger partial charge is 0.310 e. The van der Waals surface area contributed by atoms with Gasteiger partial charge >= 0.3 is 11.9 Å². The van der Waals surface area contributed by atoms with E-state index in [0.717, 1.165) is 44.9 Å². The molecule has 30 heavy (non-hydrogen) atoms. The number of nitrogens with zero attached hydrogens (tertiary/aromatic N) is 1. The van der Waals surface area contributed by atoms with Gasteiger partial charge in [-0.15, -0.1) is 0 Å². The first-order chi connectivity index (χ1) is 14.3. The van der Waals surface area contributed by atoms with Crippen LogP contribution in [-0.2, 0) is 14.3 Å². The first-order valence-electron chi connectivity index (χ1n) is 11.4. The molecule has 0 aromatic rings. The molecule has 0 aliphatic carbocycles. The Balaban J connectivity index is 3.75. The van der Waals surface area contributed by atoms with Crippen LogP contribution in [0.3, 0.4) is 0 Å². The van der Waals surface area contributed by atoms with Crippen molar-refractivity contribution < 1.29 is 23.9 Å². The molecule has 1 atom stereocenters. The molecular weight excluding hydrogens is 378 g/mol. The minimum Gasteiger partial charge on any atom is -0.481 e. The molecule has 0 spiro atoms. The molecule has 0 aromatic carbocycles. The maximum Gasteiger partial charge on any atom is 0.310 e. The number of aliphatic carboxylic acids is 1. The first kappa shape index (κ1) is 28.1. The molecule has 0 aliphatic rings. The van der Waals surface area contributed by atoms with Crippen LogP contribution in [-0.4, -0.2) is 48.9 Å². The van der Waals surface area contributed by atoms with Gasteiger partial charge in [0.05, 0.1) is 27.6 Å². The predicted molar refractivity (Wildman–Crippen MR) is 124 cm³/mol. The Labute approximate surface area is 184 Å². The lowest BCUT2D eigenvalue weighted by molar-refractivity contribution is -0.917. The Morgan fingerprint density at radius 3 is 2.00 bits per heavy atom. The van der Waals surface area contributed by atoms with Gasteiger partial charge in [0.15, 0.2) is 0 Å². The summed E-state index contributed by atoms with van der Waals surface area (Å²) >= 11 is 0. The second-order valence-electron chi connectivity index (χ2n) is 8.59. The standard InChI is InChI=1S/C25H43NO4/c1-5-6-7-8-9-10-11-12-13-14-15-16-17-18-19-20-25(29)30-23(26(2,3)4)21-22-24(27)28/h6-7,9-10,12-13,23H,5,8,11,14-22H2,1-4H3/p+1/b7-6-,10-9-,13-12-/t23-/m0/s1. The van der Waals surface area contributed by atoms with Gasteiger partial charge in [0, 0.05) is 12.8 Å². The number of ether oxygens (including phenoxy) is 1. The third-order valence-corrected chi connectivity index (χ3v) is 4.77. The molecule has 0 aromatic heterocycles. The summed E-state index contributed by atoms with van der Waals surface area (Å²) in [6, 6.07) is 0. The summed E-state index contributed by atoms with van der Waals surface area (Å²) in [6.45, 7) is 2.14. The van der Waals surface area contributed by atoms with Gasteiger partial charge in [0.25, 0.3) is 0 Å². The van der Waals surface area contributed by atoms with E-state index in [-0.39, 0.29) is 12.4 Å². The maximum atomic E-state index is 12.1. The molecule has 0 fully saturated rings. The van der Waals surface area contributed by atoms with Crippen LogP contribution >= 0.6 is 0 Å². The van der Waals surface area contributed by atoms with E-state index in [2.05, 4.69) is 43.4 Å². The summed E-state index contributed by atoms with van der Waals surface area (Å²) in [4.78, 5) is 22.9. The number of unbranched alkanes of at least 4 members (excludes halogenated alkanes) is 5. The zero-order valence-electron chi connectivity index (χ0n) is 19.6. The largest absolute Gasteiger partial charge is 0.481 e. The van der Waals surface area contributed by atoms with Crippen LogP contribution in [0.1, 0.15) is 84.0 Å². The van der Waals surface area contributed by atoms with E-state index in [1.54, 1.807) is 0 Å². The number of quaternary nitrogens is 1. The molecule has 0 unspecified atom stereocenters. The zero-order chi connectivity index (χ0) is 22.7. The summed E-state index contributed by atoms with van der Waals surface area (Å²) in [5.74, 6) is -1.09. The number of hydrogen-bond donors (Lipinski definition) is 1. The van der Waals surface area contributed by atoms with E-state index in [4.69, 9.17) is 9.84 Å². The Bertz CT molecular complexity index is 544. The molecule has 0 rings (SSSR count). The number of carbonyl (C=O) groups is 2. The average Bonchev–Trinajstić information content (AvgIpc) is 2.67. The monoisotopic (exact) mass is 422 g/mol. The number of esters is 1. The summed E-state index contributed by atoms with van der Waals surface area (Å²) in [7, 11) is 5.74. The highest BCUT2D eigenvalue weighted by Gasteiger charge is 2.28. The van der Waals surface area contributed by atoms with Crippen molar-refractivity contribution in [3.05, 3.63) is 36.5 Å². The Kier molecular flexibility index (Phi) is 16.8. The van der Waals surface area contributed by atoms with Gasteiger partial charge in [0.2, 0.25) is 6.23 Å². The van der Waals surface area contributed by atoms with Gasteiger partial charge in [-0.25, -0.2) is 0 Å². The number of allylic oxidation sites excluding steroid dienone is 6. The van der Waals surface area contributed by atoms with Gasteiger partial charge in [-0.3, -0.25) is 14.1 Å². The third kappa shape index (κ3) is 18.2. The number of rotatable bonds is 18. The lowest BCUT2D eigenvalue weighted by Crippen LogP contribution is -2.47. The molecular formula is C25H44NO4+. The van der Waals surface area contributed by atoms with Crippen LogP contribution < -0.4 is 0 Å². The highest BCUT2D eigenvalue weighted by molar-refractivity contribution is 5.69. The van der Waals surface area contributed by atoms with Crippen molar-refractivity contribution in [1.29, 1.82) is 0 Å². The van der Waals surface area contributed by atoms with Crippen LogP contribution in [0.25, 0.3) is 0 Å². The van der Waals surface area contributed by atoms with Gasteiger partial charge < -0.3 is 9.84 Å². The molecule has 0 aliphatic heterocycles. The Morgan fingerprint density at radius 2 is 1.40 bits per heavy atom. The quantitative estimate of drug-likeness (QED) is 0.0965. The fourth-order valence-electron chi connectivity index (χ4n) is 2.95. The van der Waals surface area contributed by atoms with E-state index in [1.807, 2.05) is 21.1 Å². The lowest BCUT2D eigenvalue weighted by Gasteiger charge is -2.32. The van der Waals surface area contributed by atoms with Crippen molar-refractivity contribution in [3.63, 3.8) is 0 Å². The number of carboxylic acids is 1. The van der Waals surface area contributed by atoms with E-state index in [9.17, 15) is 9.59 Å². The van der Waals surface area contributed by atoms with Crippen molar-refractivity contribution in [3.8, 4) is 0 Å². The van der Waals surface area contributed by atoms with Crippen molar-refractivity contribution in [2.24, 2.45) is 0 Å². The second kappa shape index (κ2) is 17.9. The second-order valence-corrected chi connectivity index (χ2v) is 8.59. The summed E-state index contributed by atoms with van der Waals surface area (Å²) < 4.78 is 5.95. The first-order valence-corrected chi connectivity index (χ1v) is 11.4. The maximum absolute atomic E-state index is 12.1. The lowest BCUT2D eigenvalue weighted by atomic mass is 10.1. The summed E-state index contributed by atoms with van der Waals surface area (Å²) in [6.07, 6.45) is 23.2. The fourth-order valence-corrected chi connectivity index (χ4v) is 2.95. The predicted octanol–water partition coefficient (Wildman–Crippen LogP) is 6.02. The molecule has 0 saturated carbocycles. The van der Waals surface area contributed by atoms with Crippen molar-refractivity contribution in [2.45, 2.75) is 90.2 Å². The van der Waals surface area contributed by atoms with Crippen LogP contribution in [0.4, 0.5) is 0 Å².